The van der Waals surface area contributed by atoms with E-state index >= 15 is 0 Å². The highest BCUT2D eigenvalue weighted by atomic mass is 35.5. The summed E-state index contributed by atoms with van der Waals surface area (Å²) >= 11 is 12.2. The number of primary amides is 3. The molecule has 1 saturated carbocycles. The van der Waals surface area contributed by atoms with Crippen LogP contribution in [-0.4, -0.2) is 95.9 Å². The molecule has 0 saturated heterocycles. The molecular formula is C48H66Cl2N12O9. The molecule has 1 aliphatic carbocycles. The number of nitrogens with one attached hydrogen (secondary N) is 8. The Kier molecular flexibility index (Phi) is 24.6. The van der Waals surface area contributed by atoms with E-state index in [2.05, 4.69) is 37.2 Å². The molecule has 0 aromatic heterocycles. The van der Waals surface area contributed by atoms with Gasteiger partial charge < -0.3 is 60.2 Å². The molecule has 5 atom stereocenters. The molecule has 71 heavy (non-hydrogen) atoms. The molecule has 0 unspecified atom stereocenters. The van der Waals surface area contributed by atoms with Crippen LogP contribution in [0.4, 0.5) is 0 Å². The number of nitrogens with two attached hydrogens (primary N) is 4. The number of guanidine groups is 1. The van der Waals surface area contributed by atoms with Gasteiger partial charge in [-0.2, -0.15) is 0 Å². The lowest BCUT2D eigenvalue weighted by atomic mass is 9.84. The Bertz CT molecular complexity index is 2290. The van der Waals surface area contributed by atoms with Crippen LogP contribution in [0.5, 0.6) is 0 Å². The summed E-state index contributed by atoms with van der Waals surface area (Å²) in [7, 11) is 0. The molecule has 23 heteroatoms. The van der Waals surface area contributed by atoms with Gasteiger partial charge >= 0.3 is 0 Å². The molecule has 0 aliphatic heterocycles. The Balaban J connectivity index is 1.89. The number of carbonyl (C=O) groups is 9. The van der Waals surface area contributed by atoms with E-state index < -0.39 is 89.1 Å². The number of hydrogen-bond acceptors (Lipinski definition) is 10. The van der Waals surface area contributed by atoms with Crippen LogP contribution >= 0.6 is 23.2 Å². The predicted octanol–water partition coefficient (Wildman–Crippen LogP) is 1.19. The highest BCUT2D eigenvalue weighted by Crippen LogP contribution is 2.28. The molecule has 386 valence electrons. The summed E-state index contributed by atoms with van der Waals surface area (Å²) in [4.78, 5) is 120. The minimum absolute atomic E-state index is 0.0229. The monoisotopic (exact) mass is 1020 g/mol. The average Bonchev–Trinajstić information content (AvgIpc) is 3.30. The van der Waals surface area contributed by atoms with Gasteiger partial charge in [-0.15, -0.1) is 0 Å². The first-order chi connectivity index (χ1) is 33.6. The maximum atomic E-state index is 14.3. The first-order valence-electron chi connectivity index (χ1n) is 23.3. The van der Waals surface area contributed by atoms with Crippen LogP contribution in [0.3, 0.4) is 0 Å². The van der Waals surface area contributed by atoms with Gasteiger partial charge in [-0.3, -0.25) is 48.6 Å². The molecular weight excluding hydrogens is 960 g/mol. The van der Waals surface area contributed by atoms with Gasteiger partial charge in [0.2, 0.25) is 47.3 Å². The Morgan fingerprint density at radius 3 is 1.93 bits per heavy atom. The number of halogens is 2. The van der Waals surface area contributed by atoms with Crippen molar-refractivity contribution in [2.75, 3.05) is 6.54 Å². The van der Waals surface area contributed by atoms with Gasteiger partial charge in [0.05, 0.1) is 10.0 Å². The fourth-order valence-corrected chi connectivity index (χ4v) is 8.02. The number of benzene rings is 2. The van der Waals surface area contributed by atoms with Crippen molar-refractivity contribution < 1.29 is 43.2 Å². The summed E-state index contributed by atoms with van der Waals surface area (Å²) in [6.07, 6.45) is 7.05. The largest absolute Gasteiger partial charge is 0.370 e. The van der Waals surface area contributed by atoms with Crippen LogP contribution in [0.25, 0.3) is 6.08 Å². The second-order valence-electron chi connectivity index (χ2n) is 17.7. The van der Waals surface area contributed by atoms with Crippen molar-refractivity contribution in [1.82, 2.24) is 37.2 Å². The Labute approximate surface area is 422 Å². The Morgan fingerprint density at radius 1 is 0.718 bits per heavy atom. The molecule has 0 radical (unpaired) electrons. The molecule has 2 aromatic carbocycles. The molecule has 0 spiro atoms. The molecule has 9 amide bonds. The summed E-state index contributed by atoms with van der Waals surface area (Å²) in [5.41, 5.74) is 22.5. The zero-order valence-corrected chi connectivity index (χ0v) is 41.3. The molecule has 21 nitrogen and oxygen atoms in total. The third kappa shape index (κ3) is 22.1. The van der Waals surface area contributed by atoms with E-state index in [9.17, 15) is 43.2 Å². The first-order valence-corrected chi connectivity index (χ1v) is 24.0. The van der Waals surface area contributed by atoms with E-state index in [1.807, 2.05) is 6.07 Å². The molecule has 0 heterocycles. The van der Waals surface area contributed by atoms with Crippen molar-refractivity contribution in [2.24, 2.45) is 34.8 Å². The summed E-state index contributed by atoms with van der Waals surface area (Å²) in [5, 5.41) is 25.9. The highest BCUT2D eigenvalue weighted by Gasteiger charge is 2.34. The van der Waals surface area contributed by atoms with E-state index in [1.165, 1.54) is 18.2 Å². The number of carbonyl (C=O) groups excluding carboxylic acids is 9. The minimum atomic E-state index is -1.48. The van der Waals surface area contributed by atoms with E-state index in [1.54, 1.807) is 50.3 Å². The van der Waals surface area contributed by atoms with Gasteiger partial charge in [-0.25, -0.2) is 0 Å². The number of hydrogen-bond donors (Lipinski definition) is 12. The SMILES string of the molecule is CC(C)C[C@H](NC(=O)/C(=C\C(N)=O)NC(=O)[C@H](CC1CCCCC1)NC(=O)[C@H](CCC(N)=O)NC(=O)[C@H](CCCNC(=N)N)NC(=O)/C=C/c1ccccc1)C(=O)N[C@@H](Cc1ccc(Cl)c(Cl)c1)C(N)=O. The highest BCUT2D eigenvalue weighted by molar-refractivity contribution is 6.42. The second kappa shape index (κ2) is 29.9. The normalized spacial score (nSPS) is 15.0. The van der Waals surface area contributed by atoms with E-state index in [0.717, 1.165) is 19.3 Å². The van der Waals surface area contributed by atoms with Gasteiger partial charge in [0.1, 0.15) is 35.9 Å². The standard InChI is InChI=1S/C48H66Cl2N12O9/c1-27(2)22-36(45(69)59-35(42(53)66)25-30-15-17-31(49)32(50)23-30)60-47(71)38(26-40(52)64)62-46(70)37(24-29-12-7-4-8-13-29)61-44(68)34(18-19-39(51)63)58-43(67)33(14-9-21-56-48(54)55)57-41(65)20-16-28-10-5-3-6-11-28/h3,5-6,10-11,15-17,20,23,26-27,29,33-37H,4,7-9,12-14,18-19,21-22,24-25H2,1-2H3,(H2,51,63)(H2,52,64)(H2,53,66)(H,57,65)(H,58,67)(H,59,69)(H,60,71)(H,61,68)(H,62,70)(H4,54,55,56)/b20-16+,38-26+/t33-,34-,35-,36-,37-/m0/s1. The van der Waals surface area contributed by atoms with Crippen molar-refractivity contribution in [2.45, 2.75) is 121 Å². The molecule has 1 aliphatic rings. The summed E-state index contributed by atoms with van der Waals surface area (Å²) in [6.45, 7) is 3.70. The zero-order valence-electron chi connectivity index (χ0n) is 39.8. The van der Waals surface area contributed by atoms with Crippen LogP contribution in [0.15, 0.2) is 66.4 Å². The van der Waals surface area contributed by atoms with Gasteiger partial charge in [-0.1, -0.05) is 106 Å². The van der Waals surface area contributed by atoms with Gasteiger partial charge in [0.25, 0.3) is 5.91 Å². The zero-order chi connectivity index (χ0) is 52.6. The van der Waals surface area contributed by atoms with Crippen molar-refractivity contribution in [1.29, 1.82) is 5.41 Å². The van der Waals surface area contributed by atoms with Gasteiger partial charge in [0.15, 0.2) is 5.96 Å². The molecule has 16 N–H and O–H groups in total. The third-order valence-electron chi connectivity index (χ3n) is 11.3. The van der Waals surface area contributed by atoms with E-state index in [-0.39, 0.29) is 79.3 Å². The molecule has 2 aromatic rings. The quantitative estimate of drug-likeness (QED) is 0.0249. The van der Waals surface area contributed by atoms with Crippen LogP contribution in [0.2, 0.25) is 10.0 Å². The van der Waals surface area contributed by atoms with Crippen molar-refractivity contribution >= 4 is 88.4 Å². The maximum absolute atomic E-state index is 14.3. The lowest BCUT2D eigenvalue weighted by Crippen LogP contribution is -2.57. The van der Waals surface area contributed by atoms with Crippen LogP contribution in [0.1, 0.15) is 95.6 Å². The van der Waals surface area contributed by atoms with Crippen molar-refractivity contribution in [3.8, 4) is 0 Å². The fourth-order valence-electron chi connectivity index (χ4n) is 7.70. The maximum Gasteiger partial charge on any atom is 0.268 e. The Morgan fingerprint density at radius 2 is 1.34 bits per heavy atom. The van der Waals surface area contributed by atoms with Crippen molar-refractivity contribution in [3.05, 3.63) is 87.6 Å². The fraction of sp³-hybridized carbons (Fsp3) is 0.458. The second-order valence-corrected chi connectivity index (χ2v) is 18.5. The lowest BCUT2D eigenvalue weighted by molar-refractivity contribution is -0.134. The smallest absolute Gasteiger partial charge is 0.268 e. The number of amides is 9. The molecule has 1 fully saturated rings. The van der Waals surface area contributed by atoms with Gasteiger partial charge in [-0.05, 0) is 73.3 Å². The third-order valence-corrected chi connectivity index (χ3v) is 12.0. The summed E-state index contributed by atoms with van der Waals surface area (Å²) in [6, 6.07) is 6.83. The summed E-state index contributed by atoms with van der Waals surface area (Å²) in [5.74, 6) is -8.67. The van der Waals surface area contributed by atoms with Crippen LogP contribution < -0.4 is 60.2 Å². The predicted molar refractivity (Wildman–Crippen MR) is 268 cm³/mol. The Hall–Kier alpha value is -7.00. The topological polar surface area (TPSA) is 366 Å². The van der Waals surface area contributed by atoms with Gasteiger partial charge in [0, 0.05) is 31.5 Å². The minimum Gasteiger partial charge on any atom is -0.370 e. The molecule has 0 bridgehead atoms. The molecule has 3 rings (SSSR count). The first kappa shape index (κ1) is 58.3. The van der Waals surface area contributed by atoms with E-state index in [0.29, 0.717) is 30.0 Å². The lowest BCUT2D eigenvalue weighted by Gasteiger charge is -2.29. The van der Waals surface area contributed by atoms with E-state index in [4.69, 9.17) is 51.5 Å². The van der Waals surface area contributed by atoms with Crippen LogP contribution in [-0.2, 0) is 49.6 Å². The van der Waals surface area contributed by atoms with Crippen molar-refractivity contribution in [3.63, 3.8) is 0 Å². The average molecular weight is 1030 g/mol. The van der Waals surface area contributed by atoms with Crippen LogP contribution in [0, 0.1) is 17.2 Å². The summed E-state index contributed by atoms with van der Waals surface area (Å²) < 4.78 is 0. The number of rotatable bonds is 28.